The van der Waals surface area contributed by atoms with E-state index < -0.39 is 23.0 Å². The van der Waals surface area contributed by atoms with E-state index in [0.29, 0.717) is 27.8 Å². The molecule has 19 heavy (non-hydrogen) atoms. The summed E-state index contributed by atoms with van der Waals surface area (Å²) in [6.07, 6.45) is 1.52. The minimum absolute atomic E-state index is 0.0319. The van der Waals surface area contributed by atoms with E-state index in [-0.39, 0.29) is 5.82 Å². The van der Waals surface area contributed by atoms with Crippen molar-refractivity contribution in [1.82, 2.24) is 15.0 Å². The van der Waals surface area contributed by atoms with Crippen molar-refractivity contribution in [3.63, 3.8) is 0 Å². The van der Waals surface area contributed by atoms with Gasteiger partial charge in [0.15, 0.2) is 5.65 Å². The van der Waals surface area contributed by atoms with Crippen LogP contribution in [0.15, 0.2) is 28.9 Å². The second-order valence-corrected chi connectivity index (χ2v) is 4.77. The first-order chi connectivity index (χ1) is 9.04. The van der Waals surface area contributed by atoms with Crippen molar-refractivity contribution in [2.45, 2.75) is 0 Å². The molecule has 0 aliphatic rings. The van der Waals surface area contributed by atoms with Gasteiger partial charge in [-0.05, 0) is 22.0 Å². The van der Waals surface area contributed by atoms with Crippen LogP contribution >= 0.6 is 15.9 Å². The predicted molar refractivity (Wildman–Crippen MR) is 66.9 cm³/mol. The Morgan fingerprint density at radius 3 is 2.42 bits per heavy atom. The molecule has 0 fully saturated rings. The predicted octanol–water partition coefficient (Wildman–Crippen LogP) is 3.80. The number of pyridine rings is 1. The molecule has 3 rings (SSSR count). The average molecular weight is 328 g/mol. The number of nitrogens with one attached hydrogen (secondary N) is 1. The quantitative estimate of drug-likeness (QED) is 0.738. The molecule has 2 heterocycles. The molecule has 2 aromatic heterocycles. The van der Waals surface area contributed by atoms with E-state index in [2.05, 4.69) is 30.9 Å². The fourth-order valence-corrected chi connectivity index (χ4v) is 2.09. The fourth-order valence-electron chi connectivity index (χ4n) is 1.76. The number of benzene rings is 1. The number of rotatable bonds is 1. The first-order valence-corrected chi connectivity index (χ1v) is 6.00. The Morgan fingerprint density at radius 1 is 1.05 bits per heavy atom. The van der Waals surface area contributed by atoms with E-state index in [0.717, 1.165) is 0 Å². The van der Waals surface area contributed by atoms with Gasteiger partial charge in [-0.25, -0.2) is 23.1 Å². The van der Waals surface area contributed by atoms with Crippen LogP contribution in [-0.2, 0) is 0 Å². The lowest BCUT2D eigenvalue weighted by atomic mass is 10.2. The van der Waals surface area contributed by atoms with Crippen LogP contribution in [0.25, 0.3) is 22.6 Å². The maximum Gasteiger partial charge on any atom is 0.178 e. The second kappa shape index (κ2) is 4.34. The number of aromatic nitrogens is 3. The third kappa shape index (κ3) is 2.10. The largest absolute Gasteiger partial charge is 0.336 e. The molecular formula is C12H5BrF3N3. The van der Waals surface area contributed by atoms with Gasteiger partial charge in [-0.3, -0.25) is 0 Å². The Bertz CT molecular complexity index is 762. The van der Waals surface area contributed by atoms with E-state index in [1.807, 2.05) is 0 Å². The topological polar surface area (TPSA) is 41.6 Å². The van der Waals surface area contributed by atoms with Gasteiger partial charge in [0.1, 0.15) is 23.3 Å². The molecule has 0 saturated carbocycles. The summed E-state index contributed by atoms with van der Waals surface area (Å²) in [4.78, 5) is 10.7. The Hall–Kier alpha value is -1.89. The van der Waals surface area contributed by atoms with E-state index in [9.17, 15) is 13.2 Å². The van der Waals surface area contributed by atoms with Gasteiger partial charge in [0.05, 0.1) is 11.1 Å². The number of aromatic amines is 1. The van der Waals surface area contributed by atoms with Crippen molar-refractivity contribution in [1.29, 1.82) is 0 Å². The standard InChI is InChI=1S/C12H5BrF3N3/c13-5-1-9-11(17-4-5)19-12(18-9)10-7(15)2-6(14)3-8(10)16/h1-4H,(H,17,18,19). The molecule has 96 valence electrons. The molecule has 7 heteroatoms. The van der Waals surface area contributed by atoms with Crippen molar-refractivity contribution in [2.75, 3.05) is 0 Å². The Morgan fingerprint density at radius 2 is 1.74 bits per heavy atom. The normalized spacial score (nSPS) is 11.2. The van der Waals surface area contributed by atoms with E-state index in [4.69, 9.17) is 0 Å². The van der Waals surface area contributed by atoms with Crippen molar-refractivity contribution in [2.24, 2.45) is 0 Å². The van der Waals surface area contributed by atoms with Gasteiger partial charge in [0.2, 0.25) is 0 Å². The lowest BCUT2D eigenvalue weighted by Crippen LogP contribution is -1.93. The molecule has 0 spiro atoms. The molecular weight excluding hydrogens is 323 g/mol. The minimum atomic E-state index is -1.02. The molecule has 0 radical (unpaired) electrons. The van der Waals surface area contributed by atoms with Gasteiger partial charge in [0, 0.05) is 22.8 Å². The summed E-state index contributed by atoms with van der Waals surface area (Å²) in [7, 11) is 0. The highest BCUT2D eigenvalue weighted by Gasteiger charge is 2.17. The maximum absolute atomic E-state index is 13.6. The zero-order valence-electron chi connectivity index (χ0n) is 9.22. The monoisotopic (exact) mass is 327 g/mol. The van der Waals surface area contributed by atoms with Gasteiger partial charge in [-0.2, -0.15) is 0 Å². The smallest absolute Gasteiger partial charge is 0.178 e. The van der Waals surface area contributed by atoms with E-state index >= 15 is 0 Å². The van der Waals surface area contributed by atoms with E-state index in [1.54, 1.807) is 6.07 Å². The summed E-state index contributed by atoms with van der Waals surface area (Å²) in [5, 5.41) is 0. The summed E-state index contributed by atoms with van der Waals surface area (Å²) in [6.45, 7) is 0. The zero-order chi connectivity index (χ0) is 13.6. The number of fused-ring (bicyclic) bond motifs is 1. The van der Waals surface area contributed by atoms with Crippen molar-refractivity contribution in [3.05, 3.63) is 46.3 Å². The third-order valence-electron chi connectivity index (χ3n) is 2.55. The van der Waals surface area contributed by atoms with Gasteiger partial charge in [0.25, 0.3) is 0 Å². The highest BCUT2D eigenvalue weighted by molar-refractivity contribution is 9.10. The van der Waals surface area contributed by atoms with Gasteiger partial charge in [-0.15, -0.1) is 0 Å². The number of hydrogen-bond donors (Lipinski definition) is 1. The number of imidazole rings is 1. The zero-order valence-corrected chi connectivity index (χ0v) is 10.8. The van der Waals surface area contributed by atoms with Crippen LogP contribution in [-0.4, -0.2) is 15.0 Å². The van der Waals surface area contributed by atoms with Crippen LogP contribution in [0.2, 0.25) is 0 Å². The molecule has 0 aliphatic carbocycles. The van der Waals surface area contributed by atoms with Crippen LogP contribution < -0.4 is 0 Å². The average Bonchev–Trinajstić information content (AvgIpc) is 2.69. The number of nitrogens with zero attached hydrogens (tertiary/aromatic N) is 2. The Balaban J connectivity index is 2.24. The van der Waals surface area contributed by atoms with Crippen LogP contribution in [0, 0.1) is 17.5 Å². The molecule has 3 nitrogen and oxygen atoms in total. The van der Waals surface area contributed by atoms with E-state index in [1.165, 1.54) is 6.20 Å². The molecule has 0 amide bonds. The SMILES string of the molecule is Fc1cc(F)c(-c2nc3ncc(Br)cc3[nH]2)c(F)c1. The van der Waals surface area contributed by atoms with Crippen LogP contribution in [0.5, 0.6) is 0 Å². The Labute approximate surface area is 113 Å². The molecule has 1 aromatic carbocycles. The lowest BCUT2D eigenvalue weighted by Gasteiger charge is -2.01. The van der Waals surface area contributed by atoms with Crippen LogP contribution in [0.3, 0.4) is 0 Å². The summed E-state index contributed by atoms with van der Waals surface area (Å²) in [5.74, 6) is -3.04. The highest BCUT2D eigenvalue weighted by Crippen LogP contribution is 2.26. The Kier molecular flexibility index (Phi) is 2.78. The first kappa shape index (κ1) is 12.2. The van der Waals surface area contributed by atoms with Crippen LogP contribution in [0.4, 0.5) is 13.2 Å². The first-order valence-electron chi connectivity index (χ1n) is 5.21. The van der Waals surface area contributed by atoms with Crippen molar-refractivity contribution < 1.29 is 13.2 Å². The van der Waals surface area contributed by atoms with Gasteiger partial charge in [-0.1, -0.05) is 0 Å². The summed E-state index contributed by atoms with van der Waals surface area (Å²) >= 11 is 3.23. The van der Waals surface area contributed by atoms with Crippen LogP contribution in [0.1, 0.15) is 0 Å². The highest BCUT2D eigenvalue weighted by atomic mass is 79.9. The van der Waals surface area contributed by atoms with Crippen molar-refractivity contribution in [3.8, 4) is 11.4 Å². The van der Waals surface area contributed by atoms with Gasteiger partial charge < -0.3 is 4.98 Å². The lowest BCUT2D eigenvalue weighted by molar-refractivity contribution is 0.547. The molecule has 0 atom stereocenters. The second-order valence-electron chi connectivity index (χ2n) is 3.85. The molecule has 0 bridgehead atoms. The number of halogens is 4. The number of H-pyrrole nitrogens is 1. The maximum atomic E-state index is 13.6. The number of hydrogen-bond acceptors (Lipinski definition) is 2. The molecule has 1 N–H and O–H groups in total. The summed E-state index contributed by atoms with van der Waals surface area (Å²) in [5.41, 5.74) is 0.435. The van der Waals surface area contributed by atoms with Crippen molar-refractivity contribution >= 4 is 27.1 Å². The molecule has 0 aliphatic heterocycles. The third-order valence-corrected chi connectivity index (χ3v) is 2.98. The molecule has 0 saturated heterocycles. The molecule has 0 unspecified atom stereocenters. The summed E-state index contributed by atoms with van der Waals surface area (Å²) < 4.78 is 40.8. The minimum Gasteiger partial charge on any atom is -0.336 e. The molecule has 3 aromatic rings. The van der Waals surface area contributed by atoms with Gasteiger partial charge >= 0.3 is 0 Å². The summed E-state index contributed by atoms with van der Waals surface area (Å²) in [6, 6.07) is 2.89. The fraction of sp³-hybridized carbons (Fsp3) is 0.